The number of methoxy groups -OCH3 is 1. The van der Waals surface area contributed by atoms with Crippen LogP contribution in [0.15, 0.2) is 24.3 Å². The van der Waals surface area contributed by atoms with Crippen molar-refractivity contribution in [1.29, 1.82) is 0 Å². The topological polar surface area (TPSA) is 66.9 Å². The van der Waals surface area contributed by atoms with Crippen molar-refractivity contribution >= 4 is 17.8 Å². The zero-order valence-corrected chi connectivity index (χ0v) is 12.2. The summed E-state index contributed by atoms with van der Waals surface area (Å²) in [5.74, 6) is -0.499. The van der Waals surface area contributed by atoms with E-state index in [0.717, 1.165) is 5.56 Å². The van der Waals surface area contributed by atoms with Gasteiger partial charge in [-0.05, 0) is 24.6 Å². The van der Waals surface area contributed by atoms with E-state index in [2.05, 4.69) is 4.74 Å². The van der Waals surface area contributed by atoms with Gasteiger partial charge in [0.1, 0.15) is 6.54 Å². The normalized spacial score (nSPS) is 15.3. The number of ether oxygens (including phenoxy) is 1. The fourth-order valence-corrected chi connectivity index (χ4v) is 2.22. The predicted molar refractivity (Wildman–Crippen MR) is 75.5 cm³/mol. The molecule has 1 aromatic rings. The van der Waals surface area contributed by atoms with Crippen LogP contribution in [0.2, 0.25) is 0 Å². The molecule has 1 heterocycles. The molecule has 0 atom stereocenters. The van der Waals surface area contributed by atoms with Crippen molar-refractivity contribution in [1.82, 2.24) is 9.80 Å². The van der Waals surface area contributed by atoms with Crippen molar-refractivity contribution in [2.45, 2.75) is 13.5 Å². The summed E-state index contributed by atoms with van der Waals surface area (Å²) in [5, 5.41) is 0. The van der Waals surface area contributed by atoms with Gasteiger partial charge < -0.3 is 14.5 Å². The van der Waals surface area contributed by atoms with E-state index in [-0.39, 0.29) is 24.9 Å². The Bertz CT molecular complexity index is 553. The van der Waals surface area contributed by atoms with Crippen LogP contribution in [0.5, 0.6) is 0 Å². The van der Waals surface area contributed by atoms with E-state index in [1.54, 1.807) is 29.2 Å². The summed E-state index contributed by atoms with van der Waals surface area (Å²) in [5.41, 5.74) is 1.33. The molecule has 112 valence electrons. The van der Waals surface area contributed by atoms with Gasteiger partial charge >= 0.3 is 5.97 Å². The number of rotatable bonds is 4. The number of carbonyl (C=O) groups is 3. The molecule has 6 heteroatoms. The monoisotopic (exact) mass is 290 g/mol. The maximum Gasteiger partial charge on any atom is 0.337 e. The molecule has 1 aliphatic heterocycles. The molecule has 0 aromatic heterocycles. The van der Waals surface area contributed by atoms with E-state index in [9.17, 15) is 14.4 Å². The smallest absolute Gasteiger partial charge is 0.337 e. The second-order valence-electron chi connectivity index (χ2n) is 4.85. The molecule has 1 saturated heterocycles. The van der Waals surface area contributed by atoms with Crippen LogP contribution < -0.4 is 0 Å². The molecular weight excluding hydrogens is 272 g/mol. The van der Waals surface area contributed by atoms with Gasteiger partial charge in [0.15, 0.2) is 0 Å². The third-order valence-corrected chi connectivity index (χ3v) is 3.49. The van der Waals surface area contributed by atoms with Crippen molar-refractivity contribution in [3.8, 4) is 0 Å². The SMILES string of the molecule is CCN1CC(=O)N(Cc2ccc(C(=O)OC)cc2)CC1=O. The Morgan fingerprint density at radius 2 is 1.67 bits per heavy atom. The first-order valence-electron chi connectivity index (χ1n) is 6.78. The van der Waals surface area contributed by atoms with Crippen LogP contribution in [-0.4, -0.2) is 54.3 Å². The van der Waals surface area contributed by atoms with Gasteiger partial charge in [-0.25, -0.2) is 4.79 Å². The summed E-state index contributed by atoms with van der Waals surface area (Å²) in [4.78, 5) is 38.2. The highest BCUT2D eigenvalue weighted by molar-refractivity contribution is 5.92. The van der Waals surface area contributed by atoms with Gasteiger partial charge in [0.05, 0.1) is 19.2 Å². The summed E-state index contributed by atoms with van der Waals surface area (Å²) >= 11 is 0. The molecule has 6 nitrogen and oxygen atoms in total. The van der Waals surface area contributed by atoms with Crippen molar-refractivity contribution < 1.29 is 19.1 Å². The van der Waals surface area contributed by atoms with Crippen LogP contribution in [0.4, 0.5) is 0 Å². The zero-order valence-electron chi connectivity index (χ0n) is 12.2. The average molecular weight is 290 g/mol. The molecule has 1 fully saturated rings. The van der Waals surface area contributed by atoms with Gasteiger partial charge in [0, 0.05) is 13.1 Å². The van der Waals surface area contributed by atoms with Gasteiger partial charge in [-0.1, -0.05) is 12.1 Å². The van der Waals surface area contributed by atoms with Crippen LogP contribution in [0, 0.1) is 0 Å². The highest BCUT2D eigenvalue weighted by Gasteiger charge is 2.28. The minimum absolute atomic E-state index is 0.0386. The number of benzene rings is 1. The van der Waals surface area contributed by atoms with Gasteiger partial charge in [0.25, 0.3) is 0 Å². The fourth-order valence-electron chi connectivity index (χ4n) is 2.22. The lowest BCUT2D eigenvalue weighted by Gasteiger charge is -2.33. The van der Waals surface area contributed by atoms with Gasteiger partial charge in [0.2, 0.25) is 11.8 Å². The summed E-state index contributed by atoms with van der Waals surface area (Å²) < 4.78 is 4.63. The van der Waals surface area contributed by atoms with Crippen LogP contribution in [0.1, 0.15) is 22.8 Å². The average Bonchev–Trinajstić information content (AvgIpc) is 2.50. The molecule has 2 amide bonds. The van der Waals surface area contributed by atoms with E-state index in [0.29, 0.717) is 18.7 Å². The minimum Gasteiger partial charge on any atom is -0.465 e. The molecule has 21 heavy (non-hydrogen) atoms. The second kappa shape index (κ2) is 6.39. The summed E-state index contributed by atoms with van der Waals surface area (Å²) in [7, 11) is 1.33. The molecule has 0 bridgehead atoms. The number of hydrogen-bond donors (Lipinski definition) is 0. The summed E-state index contributed by atoms with van der Waals surface area (Å²) in [6, 6.07) is 6.82. The van der Waals surface area contributed by atoms with Crippen molar-refractivity contribution in [2.24, 2.45) is 0 Å². The molecule has 0 saturated carbocycles. The molecule has 1 aliphatic rings. The van der Waals surface area contributed by atoms with Gasteiger partial charge in [-0.15, -0.1) is 0 Å². The lowest BCUT2D eigenvalue weighted by Crippen LogP contribution is -2.53. The predicted octanol–water partition coefficient (Wildman–Crippen LogP) is 0.664. The molecule has 0 N–H and O–H groups in total. The van der Waals surface area contributed by atoms with E-state index in [4.69, 9.17) is 0 Å². The number of nitrogens with zero attached hydrogens (tertiary/aromatic N) is 2. The number of hydrogen-bond acceptors (Lipinski definition) is 4. The second-order valence-corrected chi connectivity index (χ2v) is 4.85. The number of carbonyl (C=O) groups excluding carboxylic acids is 3. The molecule has 2 rings (SSSR count). The minimum atomic E-state index is -0.399. The molecule has 0 aliphatic carbocycles. The van der Waals surface area contributed by atoms with Crippen LogP contribution in [-0.2, 0) is 20.9 Å². The van der Waals surface area contributed by atoms with Crippen LogP contribution in [0.25, 0.3) is 0 Å². The maximum atomic E-state index is 12.0. The molecule has 0 radical (unpaired) electrons. The van der Waals surface area contributed by atoms with Gasteiger partial charge in [-0.3, -0.25) is 9.59 Å². The summed E-state index contributed by atoms with van der Waals surface area (Å²) in [6.07, 6.45) is 0. The Morgan fingerprint density at radius 3 is 2.24 bits per heavy atom. The Balaban J connectivity index is 2.03. The first-order chi connectivity index (χ1) is 10.0. The van der Waals surface area contributed by atoms with Crippen molar-refractivity contribution in [3.05, 3.63) is 35.4 Å². The largest absolute Gasteiger partial charge is 0.465 e. The number of esters is 1. The standard InChI is InChI=1S/C15H18N2O4/c1-3-16-9-14(19)17(10-13(16)18)8-11-4-6-12(7-5-11)15(20)21-2/h4-7H,3,8-10H2,1-2H3. The molecule has 0 unspecified atom stereocenters. The van der Waals surface area contributed by atoms with Crippen LogP contribution in [0.3, 0.4) is 0 Å². The van der Waals surface area contributed by atoms with Gasteiger partial charge in [-0.2, -0.15) is 0 Å². The Kier molecular flexibility index (Phi) is 4.57. The van der Waals surface area contributed by atoms with E-state index in [1.165, 1.54) is 12.0 Å². The zero-order chi connectivity index (χ0) is 15.4. The highest BCUT2D eigenvalue weighted by atomic mass is 16.5. The number of piperazine rings is 1. The Hall–Kier alpha value is -2.37. The number of amides is 2. The fraction of sp³-hybridized carbons (Fsp3) is 0.400. The van der Waals surface area contributed by atoms with E-state index in [1.807, 2.05) is 6.92 Å². The highest BCUT2D eigenvalue weighted by Crippen LogP contribution is 2.12. The van der Waals surface area contributed by atoms with E-state index < -0.39 is 5.97 Å². The molecular formula is C15H18N2O4. The Labute approximate surface area is 123 Å². The lowest BCUT2D eigenvalue weighted by atomic mass is 10.1. The third kappa shape index (κ3) is 3.39. The molecule has 0 spiro atoms. The van der Waals surface area contributed by atoms with E-state index >= 15 is 0 Å². The first-order valence-corrected chi connectivity index (χ1v) is 6.78. The molecule has 1 aromatic carbocycles. The number of likely N-dealkylation sites (N-methyl/N-ethyl adjacent to an activating group) is 1. The third-order valence-electron chi connectivity index (χ3n) is 3.49. The lowest BCUT2D eigenvalue weighted by molar-refractivity contribution is -0.150. The summed E-state index contributed by atoms with van der Waals surface area (Å²) in [6.45, 7) is 3.00. The maximum absolute atomic E-state index is 12.0. The quantitative estimate of drug-likeness (QED) is 0.764. The van der Waals surface area contributed by atoms with Crippen molar-refractivity contribution in [3.63, 3.8) is 0 Å². The van der Waals surface area contributed by atoms with Crippen LogP contribution >= 0.6 is 0 Å². The Morgan fingerprint density at radius 1 is 1.10 bits per heavy atom. The van der Waals surface area contributed by atoms with Crippen molar-refractivity contribution in [2.75, 3.05) is 26.7 Å². The first kappa shape index (κ1) is 15.0.